The second-order valence-corrected chi connectivity index (χ2v) is 13.1. The number of aromatic nitrogens is 2. The molecule has 0 atom stereocenters. The van der Waals surface area contributed by atoms with Crippen LogP contribution in [-0.2, 0) is 48.7 Å². The van der Waals surface area contributed by atoms with Crippen LogP contribution in [0.4, 0.5) is 5.82 Å². The molecule has 0 aliphatic heterocycles. The highest BCUT2D eigenvalue weighted by atomic mass is 31.2. The van der Waals surface area contributed by atoms with E-state index in [4.69, 9.17) is 24.3 Å². The number of hydrogen-bond acceptors (Lipinski definition) is 12. The third-order valence-electron chi connectivity index (χ3n) is 5.13. The van der Waals surface area contributed by atoms with Crippen LogP contribution in [0.1, 0.15) is 72.2 Å². The Hall–Kier alpha value is -2.89. The Morgan fingerprint density at radius 1 is 0.923 bits per heavy atom. The summed E-state index contributed by atoms with van der Waals surface area (Å²) in [5.74, 6) is -0.873. The summed E-state index contributed by atoms with van der Waals surface area (Å²) in [7, 11) is -3.94. The van der Waals surface area contributed by atoms with Crippen molar-refractivity contribution in [2.45, 2.75) is 74.1 Å². The second-order valence-electron chi connectivity index (χ2n) is 10.9. The molecule has 1 amide bonds. The van der Waals surface area contributed by atoms with E-state index in [1.54, 1.807) is 54.7 Å². The van der Waals surface area contributed by atoms with Crippen LogP contribution in [0.5, 0.6) is 0 Å². The van der Waals surface area contributed by atoms with Crippen molar-refractivity contribution in [1.82, 2.24) is 15.3 Å². The molecular formula is C25H41N4O9P. The molecule has 39 heavy (non-hydrogen) atoms. The van der Waals surface area contributed by atoms with Crippen molar-refractivity contribution >= 4 is 37.0 Å². The normalized spacial score (nSPS) is 12.1. The number of rotatable bonds is 15. The van der Waals surface area contributed by atoms with E-state index >= 15 is 0 Å². The maximum Gasteiger partial charge on any atom is 0.338 e. The van der Waals surface area contributed by atoms with Crippen LogP contribution in [0.3, 0.4) is 0 Å². The van der Waals surface area contributed by atoms with Crippen LogP contribution < -0.4 is 11.1 Å². The van der Waals surface area contributed by atoms with E-state index in [0.29, 0.717) is 23.6 Å². The largest absolute Gasteiger partial charge is 0.438 e. The quantitative estimate of drug-likeness (QED) is 0.178. The third-order valence-corrected chi connectivity index (χ3v) is 6.90. The van der Waals surface area contributed by atoms with Gasteiger partial charge >= 0.3 is 19.5 Å². The molecule has 220 valence electrons. The Kier molecular flexibility index (Phi) is 13.2. The molecule has 3 N–H and O–H groups in total. The lowest BCUT2D eigenvalue weighted by Crippen LogP contribution is -2.28. The number of nitrogens with one attached hydrogen (secondary N) is 1. The van der Waals surface area contributed by atoms with Gasteiger partial charge in [-0.25, -0.2) is 9.97 Å². The first-order valence-electron chi connectivity index (χ1n) is 12.5. The lowest BCUT2D eigenvalue weighted by atomic mass is 9.98. The average Bonchev–Trinajstić information content (AvgIpc) is 2.80. The fourth-order valence-electron chi connectivity index (χ4n) is 2.70. The van der Waals surface area contributed by atoms with Crippen molar-refractivity contribution in [3.8, 4) is 0 Å². The first kappa shape index (κ1) is 34.1. The summed E-state index contributed by atoms with van der Waals surface area (Å²) in [6.07, 6.45) is 1.77. The zero-order chi connectivity index (χ0) is 29.9. The predicted octanol–water partition coefficient (Wildman–Crippen LogP) is 3.09. The molecule has 0 saturated carbocycles. The topological polar surface area (TPSA) is 186 Å². The van der Waals surface area contributed by atoms with Crippen LogP contribution in [0.15, 0.2) is 6.20 Å². The minimum Gasteiger partial charge on any atom is -0.438 e. The molecule has 0 radical (unpaired) electrons. The molecule has 1 aromatic heterocycles. The summed E-state index contributed by atoms with van der Waals surface area (Å²) >= 11 is 0. The SMILES string of the molecule is Cc1ncc(CCC(=O)CCC(=O)NCCP(=O)(OCOC(=O)C(C)(C)C)OCOC(=O)C(C)(C)C)c(N)n1. The number of nitrogens with zero attached hydrogens (tertiary/aromatic N) is 2. The summed E-state index contributed by atoms with van der Waals surface area (Å²) in [4.78, 5) is 56.4. The molecule has 0 unspecified atom stereocenters. The van der Waals surface area contributed by atoms with Crippen LogP contribution >= 0.6 is 7.60 Å². The zero-order valence-corrected chi connectivity index (χ0v) is 24.7. The lowest BCUT2D eigenvalue weighted by Gasteiger charge is -2.22. The van der Waals surface area contributed by atoms with Gasteiger partial charge in [0.1, 0.15) is 17.4 Å². The lowest BCUT2D eigenvalue weighted by molar-refractivity contribution is -0.162. The molecule has 0 spiro atoms. The molecule has 0 aliphatic rings. The fourth-order valence-corrected chi connectivity index (χ4v) is 3.84. The number of carbonyl (C=O) groups is 4. The number of ether oxygens (including phenoxy) is 2. The van der Waals surface area contributed by atoms with Gasteiger partial charge in [-0.05, 0) is 54.9 Å². The Balaban J connectivity index is 2.54. The molecule has 14 heteroatoms. The predicted molar refractivity (Wildman–Crippen MR) is 142 cm³/mol. The Bertz CT molecular complexity index is 1030. The Labute approximate surface area is 229 Å². The first-order chi connectivity index (χ1) is 17.9. The van der Waals surface area contributed by atoms with Crippen LogP contribution in [0, 0.1) is 17.8 Å². The van der Waals surface area contributed by atoms with E-state index < -0.39 is 49.9 Å². The maximum atomic E-state index is 13.1. The van der Waals surface area contributed by atoms with Crippen LogP contribution in [-0.4, -0.2) is 59.9 Å². The van der Waals surface area contributed by atoms with E-state index in [1.165, 1.54) is 0 Å². The van der Waals surface area contributed by atoms with E-state index in [1.807, 2.05) is 0 Å². The molecule has 1 rings (SSSR count). The molecule has 1 heterocycles. The number of hydrogen-bond donors (Lipinski definition) is 2. The minimum atomic E-state index is -3.94. The smallest absolute Gasteiger partial charge is 0.338 e. The van der Waals surface area contributed by atoms with Crippen LogP contribution in [0.25, 0.3) is 0 Å². The van der Waals surface area contributed by atoms with E-state index in [0.717, 1.165) is 0 Å². The number of Topliss-reactive ketones (excluding diaryl/α,β-unsaturated/α-hetero) is 1. The van der Waals surface area contributed by atoms with E-state index in [2.05, 4.69) is 15.3 Å². The van der Waals surface area contributed by atoms with Gasteiger partial charge in [0.05, 0.1) is 17.0 Å². The molecule has 0 fully saturated rings. The highest BCUT2D eigenvalue weighted by Gasteiger charge is 2.30. The van der Waals surface area contributed by atoms with Crippen LogP contribution in [0.2, 0.25) is 0 Å². The van der Waals surface area contributed by atoms with Gasteiger partial charge in [-0.15, -0.1) is 0 Å². The summed E-state index contributed by atoms with van der Waals surface area (Å²) in [6.45, 7) is 10.1. The van der Waals surface area contributed by atoms with E-state index in [9.17, 15) is 23.7 Å². The Morgan fingerprint density at radius 2 is 1.46 bits per heavy atom. The molecular weight excluding hydrogens is 531 g/mol. The number of amides is 1. The summed E-state index contributed by atoms with van der Waals surface area (Å²) in [6, 6.07) is 0. The highest BCUT2D eigenvalue weighted by molar-refractivity contribution is 7.53. The standard InChI is InChI=1S/C25H41N4O9P/c1-17-28-14-18(21(26)29-17)8-9-19(30)10-11-20(31)27-12-13-39(34,37-15-35-22(32)24(2,3)4)38-16-36-23(33)25(5,6)7/h14H,8-13,15-16H2,1-7H3,(H,27,31)(H2,26,28,29). The van der Waals surface area contributed by atoms with Gasteiger partial charge in [-0.1, -0.05) is 0 Å². The van der Waals surface area contributed by atoms with Crippen molar-refractivity contribution < 1.29 is 42.3 Å². The first-order valence-corrected chi connectivity index (χ1v) is 14.2. The number of ketones is 1. The second kappa shape index (κ2) is 15.0. The summed E-state index contributed by atoms with van der Waals surface area (Å²) in [5, 5.41) is 2.55. The van der Waals surface area contributed by atoms with Crippen molar-refractivity contribution in [2.24, 2.45) is 10.8 Å². The van der Waals surface area contributed by atoms with Crippen molar-refractivity contribution in [2.75, 3.05) is 32.0 Å². The van der Waals surface area contributed by atoms with Gasteiger partial charge in [0, 0.05) is 37.6 Å². The molecule has 13 nitrogen and oxygen atoms in total. The minimum absolute atomic E-state index is 0.00856. The van der Waals surface area contributed by atoms with Gasteiger partial charge < -0.3 is 20.5 Å². The summed E-state index contributed by atoms with van der Waals surface area (Å²) in [5.41, 5.74) is 4.89. The van der Waals surface area contributed by atoms with Gasteiger partial charge in [-0.3, -0.25) is 32.8 Å². The molecule has 0 bridgehead atoms. The fraction of sp³-hybridized carbons (Fsp3) is 0.680. The van der Waals surface area contributed by atoms with Crippen molar-refractivity contribution in [3.63, 3.8) is 0 Å². The van der Waals surface area contributed by atoms with Gasteiger partial charge in [0.15, 0.2) is 0 Å². The number of nitrogens with two attached hydrogens (primary N) is 1. The van der Waals surface area contributed by atoms with Gasteiger partial charge in [0.2, 0.25) is 19.5 Å². The maximum absolute atomic E-state index is 13.1. The van der Waals surface area contributed by atoms with Crippen molar-refractivity contribution in [1.29, 1.82) is 0 Å². The molecule has 0 aromatic carbocycles. The molecule has 0 saturated heterocycles. The molecule has 0 aliphatic carbocycles. The van der Waals surface area contributed by atoms with Gasteiger partial charge in [-0.2, -0.15) is 0 Å². The van der Waals surface area contributed by atoms with Gasteiger partial charge in [0.25, 0.3) is 0 Å². The zero-order valence-electron chi connectivity index (χ0n) is 23.8. The number of esters is 2. The number of anilines is 1. The third kappa shape index (κ3) is 13.6. The molecule has 1 aromatic rings. The number of carbonyl (C=O) groups excluding carboxylic acids is 4. The van der Waals surface area contributed by atoms with Crippen molar-refractivity contribution in [3.05, 3.63) is 17.6 Å². The number of nitrogen functional groups attached to an aromatic ring is 1. The van der Waals surface area contributed by atoms with E-state index in [-0.39, 0.29) is 37.8 Å². The average molecular weight is 573 g/mol. The monoisotopic (exact) mass is 572 g/mol. The Morgan fingerprint density at radius 3 is 1.95 bits per heavy atom. The summed E-state index contributed by atoms with van der Waals surface area (Å²) < 4.78 is 33.5. The highest BCUT2D eigenvalue weighted by Crippen LogP contribution is 2.47. The number of aryl methyl sites for hydroxylation is 2.